The maximum absolute atomic E-state index is 11.8. The Hall–Kier alpha value is -1.15. The molecular formula is C13H19NO. The van der Waals surface area contributed by atoms with Gasteiger partial charge in [-0.25, -0.2) is 0 Å². The van der Waals surface area contributed by atoms with Crippen molar-refractivity contribution < 1.29 is 4.79 Å². The van der Waals surface area contributed by atoms with Crippen LogP contribution >= 0.6 is 0 Å². The molecule has 2 N–H and O–H groups in total. The molecule has 15 heavy (non-hydrogen) atoms. The van der Waals surface area contributed by atoms with Crippen molar-refractivity contribution in [2.45, 2.75) is 33.6 Å². The Labute approximate surface area is 91.5 Å². The average Bonchev–Trinajstić information content (AvgIpc) is 2.20. The number of rotatable bonds is 4. The van der Waals surface area contributed by atoms with Crippen molar-refractivity contribution in [2.75, 3.05) is 6.54 Å². The third-order valence-electron chi connectivity index (χ3n) is 2.75. The van der Waals surface area contributed by atoms with E-state index in [-0.39, 0.29) is 5.78 Å². The van der Waals surface area contributed by atoms with E-state index in [2.05, 4.69) is 13.0 Å². The lowest BCUT2D eigenvalue weighted by atomic mass is 9.96. The molecule has 0 aliphatic heterocycles. The molecule has 0 aromatic heterocycles. The Bertz CT molecular complexity index is 369. The molecule has 1 rings (SSSR count). The van der Waals surface area contributed by atoms with Crippen molar-refractivity contribution in [1.82, 2.24) is 0 Å². The van der Waals surface area contributed by atoms with E-state index in [1.165, 1.54) is 11.1 Å². The molecule has 0 bridgehead atoms. The number of aryl methyl sites for hydroxylation is 3. The molecule has 0 heterocycles. The first-order valence-electron chi connectivity index (χ1n) is 5.37. The predicted molar refractivity (Wildman–Crippen MR) is 63.3 cm³/mol. The van der Waals surface area contributed by atoms with Crippen molar-refractivity contribution in [3.63, 3.8) is 0 Å². The maximum Gasteiger partial charge on any atom is 0.163 e. The van der Waals surface area contributed by atoms with Crippen molar-refractivity contribution in [3.8, 4) is 0 Å². The Morgan fingerprint density at radius 3 is 2.33 bits per heavy atom. The molecule has 0 amide bonds. The fraction of sp³-hybridized carbons (Fsp3) is 0.462. The molecule has 0 unspecified atom stereocenters. The molecule has 2 nitrogen and oxygen atoms in total. The van der Waals surface area contributed by atoms with Gasteiger partial charge in [-0.3, -0.25) is 4.79 Å². The number of nitrogens with two attached hydrogens (primary N) is 1. The van der Waals surface area contributed by atoms with Crippen LogP contribution in [-0.4, -0.2) is 12.3 Å². The number of carbonyl (C=O) groups excluding carboxylic acids is 1. The van der Waals surface area contributed by atoms with Crippen molar-refractivity contribution in [2.24, 2.45) is 5.73 Å². The van der Waals surface area contributed by atoms with Crippen LogP contribution in [0.5, 0.6) is 0 Å². The van der Waals surface area contributed by atoms with Crippen LogP contribution in [-0.2, 0) is 0 Å². The summed E-state index contributed by atoms with van der Waals surface area (Å²) in [5, 5.41) is 0. The number of ketones is 1. The molecule has 0 fully saturated rings. The summed E-state index contributed by atoms with van der Waals surface area (Å²) in [6.45, 7) is 6.67. The summed E-state index contributed by atoms with van der Waals surface area (Å²) < 4.78 is 0. The largest absolute Gasteiger partial charge is 0.330 e. The van der Waals surface area contributed by atoms with Gasteiger partial charge in [0, 0.05) is 12.0 Å². The van der Waals surface area contributed by atoms with Crippen molar-refractivity contribution in [3.05, 3.63) is 34.4 Å². The standard InChI is InChI=1S/C13H19NO/c1-9-7-11(3)12(8-10(9)2)13(15)5-4-6-14/h7-8H,4-6,14H2,1-3H3. The van der Waals surface area contributed by atoms with Crippen LogP contribution in [0.15, 0.2) is 12.1 Å². The van der Waals surface area contributed by atoms with Crippen LogP contribution in [0.1, 0.15) is 39.9 Å². The van der Waals surface area contributed by atoms with Crippen LogP contribution in [0, 0.1) is 20.8 Å². The van der Waals surface area contributed by atoms with E-state index in [4.69, 9.17) is 5.73 Å². The number of hydrogen-bond acceptors (Lipinski definition) is 2. The second-order valence-corrected chi connectivity index (χ2v) is 4.07. The van der Waals surface area contributed by atoms with Gasteiger partial charge in [0.05, 0.1) is 0 Å². The fourth-order valence-electron chi connectivity index (χ4n) is 1.66. The summed E-state index contributed by atoms with van der Waals surface area (Å²) in [4.78, 5) is 11.8. The van der Waals surface area contributed by atoms with Crippen LogP contribution in [0.25, 0.3) is 0 Å². The van der Waals surface area contributed by atoms with Crippen molar-refractivity contribution in [1.29, 1.82) is 0 Å². The lowest BCUT2D eigenvalue weighted by Crippen LogP contribution is -2.07. The molecule has 0 saturated heterocycles. The highest BCUT2D eigenvalue weighted by Crippen LogP contribution is 2.17. The van der Waals surface area contributed by atoms with Gasteiger partial charge in [-0.05, 0) is 56.5 Å². The zero-order chi connectivity index (χ0) is 11.4. The number of benzene rings is 1. The first-order valence-corrected chi connectivity index (χ1v) is 5.37. The number of carbonyl (C=O) groups is 1. The van der Waals surface area contributed by atoms with E-state index in [9.17, 15) is 4.79 Å². The minimum atomic E-state index is 0.209. The van der Waals surface area contributed by atoms with Crippen LogP contribution < -0.4 is 5.73 Å². The molecule has 1 aromatic rings. The molecule has 0 spiro atoms. The zero-order valence-corrected chi connectivity index (χ0v) is 9.76. The fourth-order valence-corrected chi connectivity index (χ4v) is 1.66. The number of hydrogen-bond donors (Lipinski definition) is 1. The van der Waals surface area contributed by atoms with E-state index in [0.29, 0.717) is 13.0 Å². The van der Waals surface area contributed by atoms with Gasteiger partial charge in [0.2, 0.25) is 0 Å². The van der Waals surface area contributed by atoms with Gasteiger partial charge in [0.1, 0.15) is 0 Å². The highest BCUT2D eigenvalue weighted by molar-refractivity contribution is 5.97. The lowest BCUT2D eigenvalue weighted by Gasteiger charge is -2.08. The SMILES string of the molecule is Cc1cc(C)c(C(=O)CCCN)cc1C. The Morgan fingerprint density at radius 2 is 1.73 bits per heavy atom. The first kappa shape index (κ1) is 11.9. The summed E-state index contributed by atoms with van der Waals surface area (Å²) in [7, 11) is 0. The van der Waals surface area contributed by atoms with Gasteiger partial charge in [-0.1, -0.05) is 6.07 Å². The molecule has 0 saturated carbocycles. The molecule has 2 heteroatoms. The molecule has 0 atom stereocenters. The zero-order valence-electron chi connectivity index (χ0n) is 9.76. The van der Waals surface area contributed by atoms with Gasteiger partial charge in [0.25, 0.3) is 0 Å². The van der Waals surface area contributed by atoms with Gasteiger partial charge in [-0.2, -0.15) is 0 Å². The highest BCUT2D eigenvalue weighted by Gasteiger charge is 2.09. The summed E-state index contributed by atoms with van der Waals surface area (Å²) in [6, 6.07) is 4.06. The lowest BCUT2D eigenvalue weighted by molar-refractivity contribution is 0.0980. The van der Waals surface area contributed by atoms with Crippen LogP contribution in [0.4, 0.5) is 0 Å². The van der Waals surface area contributed by atoms with Gasteiger partial charge in [0.15, 0.2) is 5.78 Å². The van der Waals surface area contributed by atoms with E-state index in [1.54, 1.807) is 0 Å². The minimum absolute atomic E-state index is 0.209. The van der Waals surface area contributed by atoms with E-state index >= 15 is 0 Å². The third-order valence-corrected chi connectivity index (χ3v) is 2.75. The molecule has 82 valence electrons. The van der Waals surface area contributed by atoms with Gasteiger partial charge in [-0.15, -0.1) is 0 Å². The monoisotopic (exact) mass is 205 g/mol. The predicted octanol–water partition coefficient (Wildman–Crippen LogP) is 2.53. The Kier molecular flexibility index (Phi) is 4.04. The normalized spacial score (nSPS) is 10.4. The van der Waals surface area contributed by atoms with E-state index < -0.39 is 0 Å². The summed E-state index contributed by atoms with van der Waals surface area (Å²) in [5.74, 6) is 0.209. The average molecular weight is 205 g/mol. The summed E-state index contributed by atoms with van der Waals surface area (Å²) >= 11 is 0. The van der Waals surface area contributed by atoms with Crippen LogP contribution in [0.3, 0.4) is 0 Å². The van der Waals surface area contributed by atoms with Crippen molar-refractivity contribution >= 4 is 5.78 Å². The smallest absolute Gasteiger partial charge is 0.163 e. The summed E-state index contributed by atoms with van der Waals surface area (Å²) in [6.07, 6.45) is 1.32. The molecule has 0 aliphatic rings. The third kappa shape index (κ3) is 2.90. The topological polar surface area (TPSA) is 43.1 Å². The van der Waals surface area contributed by atoms with Gasteiger partial charge >= 0.3 is 0 Å². The molecular weight excluding hydrogens is 186 g/mol. The molecule has 0 aliphatic carbocycles. The Morgan fingerprint density at radius 1 is 1.13 bits per heavy atom. The maximum atomic E-state index is 11.8. The van der Waals surface area contributed by atoms with Gasteiger partial charge < -0.3 is 5.73 Å². The quantitative estimate of drug-likeness (QED) is 0.767. The first-order chi connectivity index (χ1) is 7.06. The van der Waals surface area contributed by atoms with Crippen LogP contribution in [0.2, 0.25) is 0 Å². The Balaban J connectivity index is 2.94. The van der Waals surface area contributed by atoms with E-state index in [1.807, 2.05) is 19.9 Å². The molecule has 1 aromatic carbocycles. The highest BCUT2D eigenvalue weighted by atomic mass is 16.1. The summed E-state index contributed by atoms with van der Waals surface area (Å²) in [5.41, 5.74) is 9.73. The van der Waals surface area contributed by atoms with E-state index in [0.717, 1.165) is 17.5 Å². The number of Topliss-reactive ketones (excluding diaryl/α,β-unsaturated/α-hetero) is 1. The second kappa shape index (κ2) is 5.08. The second-order valence-electron chi connectivity index (χ2n) is 4.07. The minimum Gasteiger partial charge on any atom is -0.330 e. The molecule has 0 radical (unpaired) electrons.